The first-order chi connectivity index (χ1) is 13.5. The summed E-state index contributed by atoms with van der Waals surface area (Å²) < 4.78 is 10.9. The van der Waals surface area contributed by atoms with E-state index in [9.17, 15) is 4.79 Å². The minimum atomic E-state index is -0.130. The molecule has 0 saturated carbocycles. The average molecular weight is 400 g/mol. The third-order valence-corrected chi connectivity index (χ3v) is 5.19. The van der Waals surface area contributed by atoms with E-state index >= 15 is 0 Å². The topological polar surface area (TPSA) is 74.6 Å². The van der Waals surface area contributed by atoms with Gasteiger partial charge in [-0.2, -0.15) is 5.26 Å². The van der Waals surface area contributed by atoms with Crippen molar-refractivity contribution >= 4 is 23.2 Å². The first-order valence-electron chi connectivity index (χ1n) is 9.01. The zero-order chi connectivity index (χ0) is 20.1. The summed E-state index contributed by atoms with van der Waals surface area (Å²) in [7, 11) is 3.28. The summed E-state index contributed by atoms with van der Waals surface area (Å²) in [6.45, 7) is 1.08. The van der Waals surface area contributed by atoms with Crippen molar-refractivity contribution in [2.45, 2.75) is 18.9 Å². The third kappa shape index (κ3) is 4.38. The van der Waals surface area contributed by atoms with Crippen LogP contribution in [0.4, 0.5) is 5.69 Å². The Hall–Kier alpha value is -2.75. The highest BCUT2D eigenvalue weighted by atomic mass is 35.5. The van der Waals surface area contributed by atoms with Gasteiger partial charge in [-0.15, -0.1) is 0 Å². The molecule has 6 nitrogen and oxygen atoms in total. The molecule has 0 radical (unpaired) electrons. The number of likely N-dealkylation sites (tertiary alicyclic amines) is 1. The van der Waals surface area contributed by atoms with E-state index < -0.39 is 0 Å². The highest BCUT2D eigenvalue weighted by molar-refractivity contribution is 6.32. The number of methoxy groups -OCH3 is 2. The van der Waals surface area contributed by atoms with Crippen LogP contribution < -0.4 is 14.8 Å². The summed E-state index contributed by atoms with van der Waals surface area (Å²) in [6.07, 6.45) is 1.94. The van der Waals surface area contributed by atoms with E-state index in [0.29, 0.717) is 16.3 Å². The Labute approximate surface area is 169 Å². The fourth-order valence-corrected chi connectivity index (χ4v) is 3.76. The van der Waals surface area contributed by atoms with Gasteiger partial charge in [-0.3, -0.25) is 9.69 Å². The zero-order valence-corrected chi connectivity index (χ0v) is 16.6. The number of amides is 1. The maximum absolute atomic E-state index is 12.6. The molecule has 1 heterocycles. The molecule has 1 fully saturated rings. The van der Waals surface area contributed by atoms with E-state index in [0.717, 1.165) is 36.4 Å². The van der Waals surface area contributed by atoms with Gasteiger partial charge in [0.25, 0.3) is 0 Å². The predicted octanol–water partition coefficient (Wildman–Crippen LogP) is 4.00. The lowest BCUT2D eigenvalue weighted by Crippen LogP contribution is -2.33. The van der Waals surface area contributed by atoms with E-state index in [1.807, 2.05) is 24.3 Å². The third-order valence-electron chi connectivity index (χ3n) is 4.88. The summed E-state index contributed by atoms with van der Waals surface area (Å²) in [5.74, 6) is 1.42. The molecule has 1 atom stereocenters. The Morgan fingerprint density at radius 1 is 1.29 bits per heavy atom. The second-order valence-corrected chi connectivity index (χ2v) is 7.00. The van der Waals surface area contributed by atoms with Crippen molar-refractivity contribution in [1.29, 1.82) is 5.26 Å². The van der Waals surface area contributed by atoms with E-state index in [-0.39, 0.29) is 18.5 Å². The Bertz CT molecular complexity index is 910. The van der Waals surface area contributed by atoms with E-state index in [1.165, 1.54) is 0 Å². The molecular weight excluding hydrogens is 378 g/mol. The van der Waals surface area contributed by atoms with Crippen LogP contribution in [0.15, 0.2) is 36.4 Å². The normalized spacial score (nSPS) is 16.4. The van der Waals surface area contributed by atoms with Crippen molar-refractivity contribution in [1.82, 2.24) is 4.90 Å². The Morgan fingerprint density at radius 3 is 2.79 bits per heavy atom. The monoisotopic (exact) mass is 399 g/mol. The second-order valence-electron chi connectivity index (χ2n) is 6.59. The molecule has 1 amide bonds. The van der Waals surface area contributed by atoms with Crippen LogP contribution in [0.3, 0.4) is 0 Å². The predicted molar refractivity (Wildman–Crippen MR) is 108 cm³/mol. The van der Waals surface area contributed by atoms with Gasteiger partial charge in [0.2, 0.25) is 5.91 Å². The molecule has 0 aromatic heterocycles. The summed E-state index contributed by atoms with van der Waals surface area (Å²) in [5.41, 5.74) is 1.97. The Kier molecular flexibility index (Phi) is 6.40. The number of nitrogens with zero attached hydrogens (tertiary/aromatic N) is 2. The van der Waals surface area contributed by atoms with Gasteiger partial charge in [-0.1, -0.05) is 11.6 Å². The van der Waals surface area contributed by atoms with Gasteiger partial charge in [0.1, 0.15) is 17.6 Å². The first kappa shape index (κ1) is 20.0. The molecule has 1 aliphatic rings. The van der Waals surface area contributed by atoms with Gasteiger partial charge >= 0.3 is 0 Å². The lowest BCUT2D eigenvalue weighted by Gasteiger charge is -2.26. The van der Waals surface area contributed by atoms with Crippen LogP contribution in [0, 0.1) is 11.3 Å². The van der Waals surface area contributed by atoms with Crippen LogP contribution in [-0.2, 0) is 4.79 Å². The van der Waals surface area contributed by atoms with Crippen LogP contribution in [0.1, 0.15) is 30.0 Å². The molecular formula is C21H22ClN3O3. The summed E-state index contributed by atoms with van der Waals surface area (Å²) in [4.78, 5) is 14.7. The van der Waals surface area contributed by atoms with E-state index in [2.05, 4.69) is 10.2 Å². The second kappa shape index (κ2) is 8.96. The maximum atomic E-state index is 12.6. The van der Waals surface area contributed by atoms with Gasteiger partial charge in [0.15, 0.2) is 0 Å². The molecule has 7 heteroatoms. The number of halogens is 1. The van der Waals surface area contributed by atoms with Crippen molar-refractivity contribution in [2.75, 3.05) is 32.6 Å². The molecule has 146 valence electrons. The summed E-state index contributed by atoms with van der Waals surface area (Å²) >= 11 is 6.04. The number of carbonyl (C=O) groups is 1. The molecule has 0 bridgehead atoms. The fourth-order valence-electron chi connectivity index (χ4n) is 3.54. The maximum Gasteiger partial charge on any atom is 0.238 e. The van der Waals surface area contributed by atoms with Crippen LogP contribution in [0.5, 0.6) is 11.5 Å². The molecule has 2 aromatic carbocycles. The minimum Gasteiger partial charge on any atom is -0.497 e. The van der Waals surface area contributed by atoms with Crippen LogP contribution in [0.2, 0.25) is 5.02 Å². The molecule has 1 aliphatic heterocycles. The molecule has 0 spiro atoms. The number of anilines is 1. The van der Waals surface area contributed by atoms with E-state index in [4.69, 9.17) is 26.3 Å². The molecule has 28 heavy (non-hydrogen) atoms. The average Bonchev–Trinajstić information content (AvgIpc) is 3.15. The standard InChI is InChI=1S/C21H22ClN3O3/c1-27-16-7-8-20(28-2)17(11-16)19-4-3-9-25(19)13-21(26)24-15-6-5-14(12-23)18(22)10-15/h5-8,10-11,19H,3-4,9,13H2,1-2H3,(H,24,26)/t19-/m1/s1. The minimum absolute atomic E-state index is 0.0837. The molecule has 0 aliphatic carbocycles. The fraction of sp³-hybridized carbons (Fsp3) is 0.333. The van der Waals surface area contributed by atoms with Crippen molar-refractivity contribution < 1.29 is 14.3 Å². The van der Waals surface area contributed by atoms with Gasteiger partial charge in [-0.05, 0) is 55.8 Å². The van der Waals surface area contributed by atoms with E-state index in [1.54, 1.807) is 32.4 Å². The highest BCUT2D eigenvalue weighted by Gasteiger charge is 2.30. The SMILES string of the molecule is COc1ccc(OC)c([C@H]2CCCN2CC(=O)Nc2ccc(C#N)c(Cl)c2)c1. The molecule has 2 aromatic rings. The highest BCUT2D eigenvalue weighted by Crippen LogP contribution is 2.38. The number of benzene rings is 2. The number of ether oxygens (including phenoxy) is 2. The lowest BCUT2D eigenvalue weighted by molar-refractivity contribution is -0.117. The number of nitriles is 1. The van der Waals surface area contributed by atoms with Crippen molar-refractivity contribution in [3.63, 3.8) is 0 Å². The number of carbonyl (C=O) groups excluding carboxylic acids is 1. The van der Waals surface area contributed by atoms with Gasteiger partial charge in [0.05, 0.1) is 31.4 Å². The lowest BCUT2D eigenvalue weighted by atomic mass is 10.0. The van der Waals surface area contributed by atoms with Gasteiger partial charge in [-0.25, -0.2) is 0 Å². The molecule has 3 rings (SSSR count). The van der Waals surface area contributed by atoms with Crippen molar-refractivity contribution in [2.24, 2.45) is 0 Å². The molecule has 0 unspecified atom stereocenters. The molecule has 1 saturated heterocycles. The number of hydrogen-bond acceptors (Lipinski definition) is 5. The van der Waals surface area contributed by atoms with Crippen LogP contribution >= 0.6 is 11.6 Å². The largest absolute Gasteiger partial charge is 0.497 e. The Morgan fingerprint density at radius 2 is 2.11 bits per heavy atom. The van der Waals surface area contributed by atoms with Crippen LogP contribution in [-0.4, -0.2) is 38.1 Å². The molecule has 1 N–H and O–H groups in total. The number of hydrogen-bond donors (Lipinski definition) is 1. The number of nitrogens with one attached hydrogen (secondary N) is 1. The Balaban J connectivity index is 1.72. The van der Waals surface area contributed by atoms with Gasteiger partial charge in [0, 0.05) is 17.3 Å². The van der Waals surface area contributed by atoms with Gasteiger partial charge < -0.3 is 14.8 Å². The zero-order valence-electron chi connectivity index (χ0n) is 15.9. The van der Waals surface area contributed by atoms with Crippen molar-refractivity contribution in [3.05, 3.63) is 52.5 Å². The smallest absolute Gasteiger partial charge is 0.238 e. The number of rotatable bonds is 6. The first-order valence-corrected chi connectivity index (χ1v) is 9.39. The van der Waals surface area contributed by atoms with Crippen LogP contribution in [0.25, 0.3) is 0 Å². The summed E-state index contributed by atoms with van der Waals surface area (Å²) in [6, 6.07) is 12.7. The van der Waals surface area contributed by atoms with Crippen molar-refractivity contribution in [3.8, 4) is 17.6 Å². The summed E-state index contributed by atoms with van der Waals surface area (Å²) in [5, 5.41) is 12.1. The quantitative estimate of drug-likeness (QED) is 0.794.